The van der Waals surface area contributed by atoms with Crippen LogP contribution < -0.4 is 10.2 Å². The molecule has 27 heavy (non-hydrogen) atoms. The van der Waals surface area contributed by atoms with Gasteiger partial charge in [0, 0.05) is 42.6 Å². The van der Waals surface area contributed by atoms with Gasteiger partial charge in [-0.15, -0.1) is 0 Å². The molecule has 1 amide bonds. The lowest BCUT2D eigenvalue weighted by Crippen LogP contribution is -2.62. The van der Waals surface area contributed by atoms with E-state index in [1.807, 2.05) is 0 Å². The number of nitrogens with one attached hydrogen (secondary N) is 1. The third-order valence-corrected chi connectivity index (χ3v) is 6.71. The average Bonchev–Trinajstić information content (AvgIpc) is 2.67. The minimum Gasteiger partial charge on any atom is -0.396 e. The lowest BCUT2D eigenvalue weighted by molar-refractivity contribution is -0.0277. The third-order valence-electron chi connectivity index (χ3n) is 6.71. The molecule has 0 aromatic carbocycles. The quantitative estimate of drug-likeness (QED) is 0.828. The maximum absolute atomic E-state index is 12.4. The fraction of sp³-hybridized carbons (Fsp3) is 0.750. The van der Waals surface area contributed by atoms with Crippen molar-refractivity contribution in [1.82, 2.24) is 20.2 Å². The number of rotatable bonds is 3. The number of aliphatic hydroxyl groups excluding tert-OH is 1. The summed E-state index contributed by atoms with van der Waals surface area (Å²) >= 11 is 0. The number of anilines is 1. The van der Waals surface area contributed by atoms with E-state index in [0.29, 0.717) is 18.3 Å². The van der Waals surface area contributed by atoms with Crippen LogP contribution in [0.15, 0.2) is 0 Å². The van der Waals surface area contributed by atoms with E-state index in [2.05, 4.69) is 41.0 Å². The van der Waals surface area contributed by atoms with Gasteiger partial charge in [0.05, 0.1) is 6.61 Å². The number of hydrogen-bond acceptors (Lipinski definition) is 6. The Bertz CT molecular complexity index is 737. The van der Waals surface area contributed by atoms with Crippen LogP contribution in [0.3, 0.4) is 0 Å². The molecular formula is C20H31N5O2. The normalized spacial score (nSPS) is 28.7. The third kappa shape index (κ3) is 3.10. The van der Waals surface area contributed by atoms with Gasteiger partial charge in [0.1, 0.15) is 17.3 Å². The Morgan fingerprint density at radius 2 is 2.11 bits per heavy atom. The number of amides is 1. The number of fused-ring (bicyclic) bond motifs is 2. The summed E-state index contributed by atoms with van der Waals surface area (Å²) < 4.78 is 0. The highest BCUT2D eigenvalue weighted by molar-refractivity contribution is 5.96. The van der Waals surface area contributed by atoms with E-state index in [0.717, 1.165) is 62.5 Å². The number of nitrogens with zero attached hydrogens (tertiary/aromatic N) is 4. The lowest BCUT2D eigenvalue weighted by Gasteiger charge is -2.54. The Morgan fingerprint density at radius 1 is 1.30 bits per heavy atom. The van der Waals surface area contributed by atoms with Gasteiger partial charge in [-0.25, -0.2) is 9.97 Å². The van der Waals surface area contributed by atoms with Crippen molar-refractivity contribution in [1.29, 1.82) is 0 Å². The topological polar surface area (TPSA) is 81.6 Å². The number of aromatic nitrogens is 2. The van der Waals surface area contributed by atoms with Crippen molar-refractivity contribution < 1.29 is 9.90 Å². The molecule has 0 spiro atoms. The standard InChI is InChI=1S/C20H31N5O2/c1-13(2)17-22-16-14(5-8-21-19(16)27)18(23-17)25-10-7-20(12-26)6-4-9-24(3)15(20)11-25/h13,15,26H,4-12H2,1-3H3,(H,21,27)/t15-,20-/m1/s1. The van der Waals surface area contributed by atoms with Crippen LogP contribution in [0.4, 0.5) is 5.82 Å². The van der Waals surface area contributed by atoms with Crippen LogP contribution in [0.25, 0.3) is 0 Å². The summed E-state index contributed by atoms with van der Waals surface area (Å²) in [6.45, 7) is 7.80. The van der Waals surface area contributed by atoms with Gasteiger partial charge in [-0.3, -0.25) is 4.79 Å². The number of hydrogen-bond donors (Lipinski definition) is 2. The molecule has 3 aliphatic heterocycles. The van der Waals surface area contributed by atoms with Crippen molar-refractivity contribution in [2.24, 2.45) is 5.41 Å². The summed E-state index contributed by atoms with van der Waals surface area (Å²) in [6, 6.07) is 0.315. The number of carbonyl (C=O) groups is 1. The van der Waals surface area contributed by atoms with E-state index >= 15 is 0 Å². The van der Waals surface area contributed by atoms with Crippen LogP contribution in [0, 0.1) is 5.41 Å². The highest BCUT2D eigenvalue weighted by Gasteiger charge is 2.47. The van der Waals surface area contributed by atoms with Crippen molar-refractivity contribution in [2.75, 3.05) is 44.7 Å². The molecule has 0 radical (unpaired) electrons. The van der Waals surface area contributed by atoms with E-state index in [9.17, 15) is 9.90 Å². The smallest absolute Gasteiger partial charge is 0.270 e. The van der Waals surface area contributed by atoms with Gasteiger partial charge in [0.15, 0.2) is 0 Å². The zero-order valence-electron chi connectivity index (χ0n) is 16.7. The Labute approximate surface area is 161 Å². The summed E-state index contributed by atoms with van der Waals surface area (Å²) in [6.07, 6.45) is 3.97. The van der Waals surface area contributed by atoms with Gasteiger partial charge in [-0.05, 0) is 39.3 Å². The average molecular weight is 374 g/mol. The second kappa shape index (κ2) is 7.02. The van der Waals surface area contributed by atoms with Crippen molar-refractivity contribution in [3.8, 4) is 0 Å². The van der Waals surface area contributed by atoms with Crippen molar-refractivity contribution in [3.63, 3.8) is 0 Å². The van der Waals surface area contributed by atoms with Crippen LogP contribution >= 0.6 is 0 Å². The molecular weight excluding hydrogens is 342 g/mol. The van der Waals surface area contributed by atoms with Crippen molar-refractivity contribution in [3.05, 3.63) is 17.1 Å². The molecule has 4 heterocycles. The molecule has 2 saturated heterocycles. The molecule has 7 heteroatoms. The van der Waals surface area contributed by atoms with Crippen LogP contribution in [0.2, 0.25) is 0 Å². The highest BCUT2D eigenvalue weighted by atomic mass is 16.3. The number of piperidine rings is 2. The van der Waals surface area contributed by atoms with Gasteiger partial charge in [-0.1, -0.05) is 13.8 Å². The molecule has 1 aromatic heterocycles. The molecule has 7 nitrogen and oxygen atoms in total. The first-order valence-corrected chi connectivity index (χ1v) is 10.2. The van der Waals surface area contributed by atoms with Gasteiger partial charge >= 0.3 is 0 Å². The predicted octanol–water partition coefficient (Wildman–Crippen LogP) is 1.17. The van der Waals surface area contributed by atoms with E-state index in [1.165, 1.54) is 0 Å². The first-order valence-electron chi connectivity index (χ1n) is 10.2. The van der Waals surface area contributed by atoms with E-state index in [4.69, 9.17) is 4.98 Å². The molecule has 0 unspecified atom stereocenters. The molecule has 1 aromatic rings. The molecule has 2 atom stereocenters. The predicted molar refractivity (Wildman–Crippen MR) is 104 cm³/mol. The first-order chi connectivity index (χ1) is 12.9. The monoisotopic (exact) mass is 373 g/mol. The Morgan fingerprint density at radius 3 is 2.85 bits per heavy atom. The second-order valence-corrected chi connectivity index (χ2v) is 8.71. The van der Waals surface area contributed by atoms with Crippen molar-refractivity contribution >= 4 is 11.7 Å². The van der Waals surface area contributed by atoms with Gasteiger partial charge in [0.25, 0.3) is 5.91 Å². The van der Waals surface area contributed by atoms with E-state index in [1.54, 1.807) is 0 Å². The molecule has 4 rings (SSSR count). The summed E-state index contributed by atoms with van der Waals surface area (Å²) in [4.78, 5) is 26.6. The fourth-order valence-electron chi connectivity index (χ4n) is 5.02. The minimum atomic E-state index is -0.0849. The maximum atomic E-state index is 12.4. The molecule has 2 N–H and O–H groups in total. The molecule has 0 saturated carbocycles. The molecule has 3 aliphatic rings. The second-order valence-electron chi connectivity index (χ2n) is 8.71. The summed E-state index contributed by atoms with van der Waals surface area (Å²) in [5.41, 5.74) is 1.53. The van der Waals surface area contributed by atoms with Crippen LogP contribution in [0.5, 0.6) is 0 Å². The zero-order valence-corrected chi connectivity index (χ0v) is 16.7. The van der Waals surface area contributed by atoms with Crippen LogP contribution in [-0.2, 0) is 6.42 Å². The highest BCUT2D eigenvalue weighted by Crippen LogP contribution is 2.43. The zero-order chi connectivity index (χ0) is 19.2. The number of aliphatic hydroxyl groups is 1. The first kappa shape index (κ1) is 18.6. The summed E-state index contributed by atoms with van der Waals surface area (Å²) in [5, 5.41) is 13.1. The molecule has 0 aliphatic carbocycles. The van der Waals surface area contributed by atoms with E-state index < -0.39 is 0 Å². The maximum Gasteiger partial charge on any atom is 0.270 e. The van der Waals surface area contributed by atoms with Gasteiger partial charge < -0.3 is 20.2 Å². The van der Waals surface area contributed by atoms with E-state index in [-0.39, 0.29) is 23.8 Å². The molecule has 2 fully saturated rings. The number of likely N-dealkylation sites (N-methyl/N-ethyl adjacent to an activating group) is 1. The fourth-order valence-corrected chi connectivity index (χ4v) is 5.02. The van der Waals surface area contributed by atoms with Crippen LogP contribution in [0.1, 0.15) is 60.9 Å². The largest absolute Gasteiger partial charge is 0.396 e. The summed E-state index contributed by atoms with van der Waals surface area (Å²) in [5.74, 6) is 1.75. The van der Waals surface area contributed by atoms with Crippen molar-refractivity contribution in [2.45, 2.75) is 51.5 Å². The lowest BCUT2D eigenvalue weighted by atomic mass is 9.69. The van der Waals surface area contributed by atoms with Gasteiger partial charge in [0.2, 0.25) is 0 Å². The Hall–Kier alpha value is -1.73. The van der Waals surface area contributed by atoms with Gasteiger partial charge in [-0.2, -0.15) is 0 Å². The Balaban J connectivity index is 1.72. The van der Waals surface area contributed by atoms with Crippen LogP contribution in [-0.4, -0.2) is 71.8 Å². The molecule has 0 bridgehead atoms. The molecule has 148 valence electrons. The summed E-state index contributed by atoms with van der Waals surface area (Å²) in [7, 11) is 2.17. The number of carbonyl (C=O) groups excluding carboxylic acids is 1. The Kier molecular flexibility index (Phi) is 4.84. The minimum absolute atomic E-state index is 0.00511. The SMILES string of the molecule is CC(C)c1nc2c(c(N3CC[C@@]4(CO)CCCN(C)[C@@H]4C3)n1)CCNC2=O. The number of likely N-dealkylation sites (tertiary alicyclic amines) is 1.